The largest absolute Gasteiger partial charge is 0.418 e. The molecule has 0 spiro atoms. The summed E-state index contributed by atoms with van der Waals surface area (Å²) in [4.78, 5) is 12.6. The van der Waals surface area contributed by atoms with Gasteiger partial charge in [0.15, 0.2) is 0 Å². The van der Waals surface area contributed by atoms with Crippen molar-refractivity contribution in [3.05, 3.63) is 102 Å². The van der Waals surface area contributed by atoms with Gasteiger partial charge in [-0.1, -0.05) is 48.0 Å². The minimum absolute atomic E-state index is 0.194. The number of nitrogens with zero attached hydrogens (tertiary/aromatic N) is 2. The highest BCUT2D eigenvalue weighted by atomic mass is 19.1. The van der Waals surface area contributed by atoms with E-state index in [1.54, 1.807) is 12.1 Å². The van der Waals surface area contributed by atoms with E-state index in [4.69, 9.17) is 4.42 Å². The van der Waals surface area contributed by atoms with Gasteiger partial charge in [-0.25, -0.2) is 9.18 Å². The highest BCUT2D eigenvalue weighted by Gasteiger charge is 2.23. The fourth-order valence-electron chi connectivity index (χ4n) is 2.93. The molecule has 1 atom stereocenters. The van der Waals surface area contributed by atoms with Gasteiger partial charge in [0, 0.05) is 11.3 Å². The zero-order valence-electron chi connectivity index (χ0n) is 16.2. The van der Waals surface area contributed by atoms with Gasteiger partial charge in [-0.15, -0.1) is 10.2 Å². The normalized spacial score (nSPS) is 11.7. The zero-order valence-corrected chi connectivity index (χ0v) is 16.2. The van der Waals surface area contributed by atoms with E-state index in [1.165, 1.54) is 12.1 Å². The van der Waals surface area contributed by atoms with Crippen LogP contribution in [-0.2, 0) is 0 Å². The molecule has 0 fully saturated rings. The fourth-order valence-corrected chi connectivity index (χ4v) is 2.93. The number of nitrogens with one attached hydrogen (secondary N) is 2. The van der Waals surface area contributed by atoms with E-state index in [9.17, 15) is 9.18 Å². The second-order valence-corrected chi connectivity index (χ2v) is 6.76. The lowest BCUT2D eigenvalue weighted by atomic mass is 10.1. The molecule has 0 radical (unpaired) electrons. The number of hydrogen-bond donors (Lipinski definition) is 2. The maximum absolute atomic E-state index is 13.4. The van der Waals surface area contributed by atoms with Crippen LogP contribution in [-0.4, -0.2) is 16.2 Å². The number of rotatable bonds is 5. The molecule has 0 saturated carbocycles. The average Bonchev–Trinajstić information content (AvgIpc) is 3.25. The lowest BCUT2D eigenvalue weighted by Gasteiger charge is -2.16. The SMILES string of the molecule is Cc1ccc(NC(=O)NC(c2ccc(F)cc2)c2nnc(-c3ccccc3)o2)cc1. The van der Waals surface area contributed by atoms with Crippen LogP contribution >= 0.6 is 0 Å². The van der Waals surface area contributed by atoms with Gasteiger partial charge in [0.1, 0.15) is 11.9 Å². The molecular formula is C23H19FN4O2. The Balaban J connectivity index is 1.60. The lowest BCUT2D eigenvalue weighted by molar-refractivity contribution is 0.248. The Morgan fingerprint density at radius 1 is 0.933 bits per heavy atom. The molecule has 2 amide bonds. The first-order valence-corrected chi connectivity index (χ1v) is 9.37. The van der Waals surface area contributed by atoms with E-state index in [-0.39, 0.29) is 11.7 Å². The molecule has 6 nitrogen and oxygen atoms in total. The van der Waals surface area contributed by atoms with E-state index in [1.807, 2.05) is 61.5 Å². The molecule has 0 saturated heterocycles. The smallest absolute Gasteiger partial charge is 0.320 e. The Kier molecular flexibility index (Phi) is 5.52. The number of aryl methyl sites for hydroxylation is 1. The van der Waals surface area contributed by atoms with Crippen LogP contribution in [0.25, 0.3) is 11.5 Å². The predicted molar refractivity (Wildman–Crippen MR) is 111 cm³/mol. The predicted octanol–water partition coefficient (Wildman–Crippen LogP) is 5.10. The minimum atomic E-state index is -0.749. The van der Waals surface area contributed by atoms with Gasteiger partial charge < -0.3 is 15.1 Å². The van der Waals surface area contributed by atoms with E-state index in [0.29, 0.717) is 17.1 Å². The molecule has 4 aromatic rings. The quantitative estimate of drug-likeness (QED) is 0.487. The van der Waals surface area contributed by atoms with Gasteiger partial charge in [0.05, 0.1) is 0 Å². The summed E-state index contributed by atoms with van der Waals surface area (Å²) in [5.41, 5.74) is 3.10. The van der Waals surface area contributed by atoms with Crippen molar-refractivity contribution in [2.45, 2.75) is 13.0 Å². The van der Waals surface area contributed by atoms with Crippen LogP contribution in [0.3, 0.4) is 0 Å². The van der Waals surface area contributed by atoms with Gasteiger partial charge >= 0.3 is 6.03 Å². The van der Waals surface area contributed by atoms with Gasteiger partial charge in [-0.2, -0.15) is 0 Å². The van der Waals surface area contributed by atoms with Crippen LogP contribution in [0.4, 0.5) is 14.9 Å². The molecule has 2 N–H and O–H groups in total. The Bertz CT molecular complexity index is 1130. The van der Waals surface area contributed by atoms with E-state index in [0.717, 1.165) is 11.1 Å². The lowest BCUT2D eigenvalue weighted by Crippen LogP contribution is -2.33. The van der Waals surface area contributed by atoms with Crippen LogP contribution in [0.5, 0.6) is 0 Å². The first kappa shape index (κ1) is 19.3. The summed E-state index contributed by atoms with van der Waals surface area (Å²) in [7, 11) is 0. The Labute approximate surface area is 172 Å². The molecule has 3 aromatic carbocycles. The Morgan fingerprint density at radius 3 is 2.33 bits per heavy atom. The van der Waals surface area contributed by atoms with Crippen LogP contribution < -0.4 is 10.6 Å². The van der Waals surface area contributed by atoms with Crippen LogP contribution in [0.1, 0.15) is 23.1 Å². The van der Waals surface area contributed by atoms with Crippen molar-refractivity contribution in [1.82, 2.24) is 15.5 Å². The summed E-state index contributed by atoms with van der Waals surface area (Å²) in [6, 6.07) is 21.3. The Hall–Kier alpha value is -4.00. The number of amides is 2. The molecule has 0 aliphatic rings. The molecule has 4 rings (SSSR count). The highest BCUT2D eigenvalue weighted by Crippen LogP contribution is 2.25. The maximum atomic E-state index is 13.4. The molecule has 0 bridgehead atoms. The molecule has 1 aromatic heterocycles. The molecule has 30 heavy (non-hydrogen) atoms. The van der Waals surface area contributed by atoms with Gasteiger partial charge in [-0.05, 0) is 48.9 Å². The summed E-state index contributed by atoms with van der Waals surface area (Å²) >= 11 is 0. The number of halogens is 1. The van der Waals surface area contributed by atoms with Crippen LogP contribution in [0.15, 0.2) is 83.3 Å². The third-order valence-corrected chi connectivity index (χ3v) is 4.50. The third kappa shape index (κ3) is 4.52. The summed E-state index contributed by atoms with van der Waals surface area (Å²) < 4.78 is 19.2. The molecule has 0 aliphatic heterocycles. The van der Waals surface area contributed by atoms with Crippen molar-refractivity contribution in [3.63, 3.8) is 0 Å². The van der Waals surface area contributed by atoms with Crippen LogP contribution in [0.2, 0.25) is 0 Å². The van der Waals surface area contributed by atoms with E-state index < -0.39 is 12.1 Å². The van der Waals surface area contributed by atoms with Crippen molar-refractivity contribution >= 4 is 11.7 Å². The molecule has 1 heterocycles. The fraction of sp³-hybridized carbons (Fsp3) is 0.0870. The molecular weight excluding hydrogens is 383 g/mol. The topological polar surface area (TPSA) is 80.0 Å². The van der Waals surface area contributed by atoms with Gasteiger partial charge in [0.2, 0.25) is 11.8 Å². The van der Waals surface area contributed by atoms with Gasteiger partial charge in [0.25, 0.3) is 0 Å². The van der Waals surface area contributed by atoms with Crippen molar-refractivity contribution in [2.24, 2.45) is 0 Å². The number of benzene rings is 3. The summed E-state index contributed by atoms with van der Waals surface area (Å²) in [5.74, 6) is 0.148. The second-order valence-electron chi connectivity index (χ2n) is 6.76. The van der Waals surface area contributed by atoms with E-state index in [2.05, 4.69) is 20.8 Å². The van der Waals surface area contributed by atoms with Crippen molar-refractivity contribution in [3.8, 4) is 11.5 Å². The number of urea groups is 1. The summed E-state index contributed by atoms with van der Waals surface area (Å²) in [5, 5.41) is 13.8. The number of aromatic nitrogens is 2. The Morgan fingerprint density at radius 2 is 1.63 bits per heavy atom. The highest BCUT2D eigenvalue weighted by molar-refractivity contribution is 5.89. The summed E-state index contributed by atoms with van der Waals surface area (Å²) in [6.45, 7) is 1.97. The van der Waals surface area contributed by atoms with E-state index >= 15 is 0 Å². The minimum Gasteiger partial charge on any atom is -0.418 e. The average molecular weight is 402 g/mol. The zero-order chi connectivity index (χ0) is 20.9. The number of hydrogen-bond acceptors (Lipinski definition) is 4. The second kappa shape index (κ2) is 8.57. The van der Waals surface area contributed by atoms with Gasteiger partial charge in [-0.3, -0.25) is 0 Å². The molecule has 150 valence electrons. The maximum Gasteiger partial charge on any atom is 0.320 e. The first-order chi connectivity index (χ1) is 14.6. The number of carbonyl (C=O) groups is 1. The monoisotopic (exact) mass is 402 g/mol. The molecule has 7 heteroatoms. The summed E-state index contributed by atoms with van der Waals surface area (Å²) in [6.07, 6.45) is 0. The molecule has 0 aliphatic carbocycles. The number of anilines is 1. The third-order valence-electron chi connectivity index (χ3n) is 4.50. The van der Waals surface area contributed by atoms with Crippen molar-refractivity contribution in [2.75, 3.05) is 5.32 Å². The first-order valence-electron chi connectivity index (χ1n) is 9.37. The molecule has 1 unspecified atom stereocenters. The number of carbonyl (C=O) groups excluding carboxylic acids is 1. The van der Waals surface area contributed by atoms with Crippen LogP contribution in [0, 0.1) is 12.7 Å². The van der Waals surface area contributed by atoms with Crippen molar-refractivity contribution in [1.29, 1.82) is 0 Å². The van der Waals surface area contributed by atoms with Crippen molar-refractivity contribution < 1.29 is 13.6 Å². The standard InChI is InChI=1S/C23H19FN4O2/c1-15-7-13-19(14-8-15)25-23(29)26-20(16-9-11-18(24)12-10-16)22-28-27-21(30-22)17-5-3-2-4-6-17/h2-14,20H,1H3,(H2,25,26,29).